The number of esters is 1. The molecule has 1 atom stereocenters. The number of anilines is 2. The fourth-order valence-corrected chi connectivity index (χ4v) is 1.56. The number of nitrogen functional groups attached to an aromatic ring is 1. The van der Waals surface area contributed by atoms with Crippen LogP contribution in [-0.4, -0.2) is 28.9 Å². The Kier molecular flexibility index (Phi) is 4.37. The lowest BCUT2D eigenvalue weighted by Gasteiger charge is -2.14. The molecular formula is C11H20N4O2. The number of carbonyl (C=O) groups excluding carboxylic acids is 1. The molecule has 96 valence electrons. The molecule has 17 heavy (non-hydrogen) atoms. The molecule has 3 N–H and O–H groups in total. The van der Waals surface area contributed by atoms with Crippen LogP contribution in [0.15, 0.2) is 0 Å². The molecule has 0 saturated carbocycles. The molecule has 1 unspecified atom stereocenters. The summed E-state index contributed by atoms with van der Waals surface area (Å²) in [4.78, 5) is 11.3. The zero-order valence-electron chi connectivity index (χ0n) is 10.8. The highest BCUT2D eigenvalue weighted by Gasteiger charge is 2.18. The Morgan fingerprint density at radius 1 is 1.65 bits per heavy atom. The summed E-state index contributed by atoms with van der Waals surface area (Å²) in [6.45, 7) is 6.38. The first-order valence-electron chi connectivity index (χ1n) is 5.68. The molecule has 0 amide bonds. The summed E-state index contributed by atoms with van der Waals surface area (Å²) in [5.74, 6) is 0.355. The second-order valence-corrected chi connectivity index (χ2v) is 3.96. The maximum atomic E-state index is 11.3. The summed E-state index contributed by atoms with van der Waals surface area (Å²) in [7, 11) is 1.36. The van der Waals surface area contributed by atoms with E-state index in [-0.39, 0.29) is 5.97 Å². The maximum Gasteiger partial charge on any atom is 0.328 e. The Labute approximate surface area is 101 Å². The highest BCUT2D eigenvalue weighted by molar-refractivity contribution is 5.80. The molecule has 0 bridgehead atoms. The number of aromatic nitrogens is 2. The number of nitrogens with two attached hydrogens (primary N) is 1. The Bertz CT molecular complexity index is 400. The second-order valence-electron chi connectivity index (χ2n) is 3.96. The monoisotopic (exact) mass is 240 g/mol. The molecule has 1 heterocycles. The minimum Gasteiger partial charge on any atom is -0.467 e. The zero-order valence-corrected chi connectivity index (χ0v) is 10.8. The summed E-state index contributed by atoms with van der Waals surface area (Å²) in [6, 6.07) is -0.450. The van der Waals surface area contributed by atoms with Gasteiger partial charge < -0.3 is 15.8 Å². The summed E-state index contributed by atoms with van der Waals surface area (Å²) in [5, 5.41) is 7.35. The van der Waals surface area contributed by atoms with E-state index in [1.165, 1.54) is 7.11 Å². The van der Waals surface area contributed by atoms with Crippen LogP contribution in [0, 0.1) is 6.92 Å². The standard InChI is InChI=1S/C11H20N4O2/c1-5-6-15-10(9(12)7(2)14-15)13-8(3)11(16)17-4/h8,13H,5-6,12H2,1-4H3. The van der Waals surface area contributed by atoms with Crippen LogP contribution < -0.4 is 11.1 Å². The third kappa shape index (κ3) is 2.89. The van der Waals surface area contributed by atoms with E-state index in [9.17, 15) is 4.79 Å². The van der Waals surface area contributed by atoms with Gasteiger partial charge in [-0.1, -0.05) is 6.92 Å². The SMILES string of the molecule is CCCn1nc(C)c(N)c1NC(C)C(=O)OC. The molecule has 0 spiro atoms. The molecule has 1 aromatic rings. The van der Waals surface area contributed by atoms with E-state index < -0.39 is 6.04 Å². The molecule has 6 heteroatoms. The number of ether oxygens (including phenoxy) is 1. The van der Waals surface area contributed by atoms with Crippen LogP contribution in [0.3, 0.4) is 0 Å². The van der Waals surface area contributed by atoms with Crippen molar-refractivity contribution in [1.82, 2.24) is 9.78 Å². The van der Waals surface area contributed by atoms with Gasteiger partial charge in [0.2, 0.25) is 0 Å². The Morgan fingerprint density at radius 2 is 2.29 bits per heavy atom. The fourth-order valence-electron chi connectivity index (χ4n) is 1.56. The van der Waals surface area contributed by atoms with Crippen LogP contribution >= 0.6 is 0 Å². The number of methoxy groups -OCH3 is 1. The van der Waals surface area contributed by atoms with Gasteiger partial charge in [0.15, 0.2) is 0 Å². The van der Waals surface area contributed by atoms with Crippen LogP contribution in [0.1, 0.15) is 26.0 Å². The van der Waals surface area contributed by atoms with Crippen LogP contribution in [0.2, 0.25) is 0 Å². The van der Waals surface area contributed by atoms with Gasteiger partial charge in [0.25, 0.3) is 0 Å². The number of hydrogen-bond acceptors (Lipinski definition) is 5. The van der Waals surface area contributed by atoms with Gasteiger partial charge in [-0.2, -0.15) is 5.10 Å². The molecule has 0 aliphatic heterocycles. The van der Waals surface area contributed by atoms with E-state index in [1.54, 1.807) is 11.6 Å². The van der Waals surface area contributed by atoms with E-state index in [0.717, 1.165) is 18.7 Å². The van der Waals surface area contributed by atoms with Crippen molar-refractivity contribution in [2.75, 3.05) is 18.2 Å². The largest absolute Gasteiger partial charge is 0.467 e. The molecule has 0 fully saturated rings. The molecule has 1 rings (SSSR count). The van der Waals surface area contributed by atoms with Crippen molar-refractivity contribution >= 4 is 17.5 Å². The number of hydrogen-bond donors (Lipinski definition) is 2. The van der Waals surface area contributed by atoms with Gasteiger partial charge >= 0.3 is 5.97 Å². The number of nitrogens with zero attached hydrogens (tertiary/aromatic N) is 2. The first-order valence-corrected chi connectivity index (χ1v) is 5.68. The van der Waals surface area contributed by atoms with E-state index in [2.05, 4.69) is 22.1 Å². The van der Waals surface area contributed by atoms with Gasteiger partial charge in [-0.3, -0.25) is 0 Å². The Balaban J connectivity index is 2.92. The van der Waals surface area contributed by atoms with E-state index in [4.69, 9.17) is 5.73 Å². The Hall–Kier alpha value is -1.72. The molecule has 0 aliphatic carbocycles. The van der Waals surface area contributed by atoms with Crippen molar-refractivity contribution in [3.05, 3.63) is 5.69 Å². The average molecular weight is 240 g/mol. The van der Waals surface area contributed by atoms with Gasteiger partial charge in [-0.25, -0.2) is 9.48 Å². The number of carbonyl (C=O) groups is 1. The molecule has 1 aromatic heterocycles. The summed E-state index contributed by atoms with van der Waals surface area (Å²) in [5.41, 5.74) is 7.27. The molecule has 0 radical (unpaired) electrons. The number of nitrogens with one attached hydrogen (secondary N) is 1. The smallest absolute Gasteiger partial charge is 0.328 e. The fraction of sp³-hybridized carbons (Fsp3) is 0.636. The third-order valence-electron chi connectivity index (χ3n) is 2.52. The number of aryl methyl sites for hydroxylation is 2. The van der Waals surface area contributed by atoms with Crippen molar-refractivity contribution in [2.24, 2.45) is 0 Å². The van der Waals surface area contributed by atoms with E-state index >= 15 is 0 Å². The van der Waals surface area contributed by atoms with Crippen molar-refractivity contribution in [1.29, 1.82) is 0 Å². The number of rotatable bonds is 5. The molecule has 6 nitrogen and oxygen atoms in total. The Morgan fingerprint density at radius 3 is 2.82 bits per heavy atom. The van der Waals surface area contributed by atoms with Gasteiger partial charge in [0.05, 0.1) is 18.5 Å². The van der Waals surface area contributed by atoms with Gasteiger partial charge in [-0.05, 0) is 20.3 Å². The molecule has 0 aromatic carbocycles. The zero-order chi connectivity index (χ0) is 13.0. The van der Waals surface area contributed by atoms with Crippen molar-refractivity contribution < 1.29 is 9.53 Å². The normalized spacial score (nSPS) is 12.2. The first kappa shape index (κ1) is 13.3. The van der Waals surface area contributed by atoms with E-state index in [1.807, 2.05) is 6.92 Å². The maximum absolute atomic E-state index is 11.3. The predicted molar refractivity (Wildman–Crippen MR) is 66.8 cm³/mol. The van der Waals surface area contributed by atoms with Gasteiger partial charge in [0, 0.05) is 6.54 Å². The van der Waals surface area contributed by atoms with Crippen LogP contribution in [-0.2, 0) is 16.1 Å². The molecule has 0 saturated heterocycles. The highest BCUT2D eigenvalue weighted by atomic mass is 16.5. The van der Waals surface area contributed by atoms with Crippen molar-refractivity contribution in [2.45, 2.75) is 39.8 Å². The van der Waals surface area contributed by atoms with Crippen LogP contribution in [0.25, 0.3) is 0 Å². The first-order chi connectivity index (χ1) is 8.01. The average Bonchev–Trinajstić information content (AvgIpc) is 2.56. The van der Waals surface area contributed by atoms with Crippen molar-refractivity contribution in [3.63, 3.8) is 0 Å². The van der Waals surface area contributed by atoms with E-state index in [0.29, 0.717) is 11.5 Å². The van der Waals surface area contributed by atoms with Crippen LogP contribution in [0.5, 0.6) is 0 Å². The third-order valence-corrected chi connectivity index (χ3v) is 2.52. The minimum absolute atomic E-state index is 0.327. The van der Waals surface area contributed by atoms with Gasteiger partial charge in [0.1, 0.15) is 11.9 Å². The lowest BCUT2D eigenvalue weighted by atomic mass is 10.3. The minimum atomic E-state index is -0.450. The second kappa shape index (κ2) is 5.56. The summed E-state index contributed by atoms with van der Waals surface area (Å²) >= 11 is 0. The summed E-state index contributed by atoms with van der Waals surface area (Å²) < 4.78 is 6.44. The van der Waals surface area contributed by atoms with Crippen molar-refractivity contribution in [3.8, 4) is 0 Å². The lowest BCUT2D eigenvalue weighted by Crippen LogP contribution is -2.28. The highest BCUT2D eigenvalue weighted by Crippen LogP contribution is 2.23. The topological polar surface area (TPSA) is 82.2 Å². The predicted octanol–water partition coefficient (Wildman–Crippen LogP) is 1.16. The molecular weight excluding hydrogens is 220 g/mol. The van der Waals surface area contributed by atoms with Crippen LogP contribution in [0.4, 0.5) is 11.5 Å². The lowest BCUT2D eigenvalue weighted by molar-refractivity contribution is -0.141. The quantitative estimate of drug-likeness (QED) is 0.755. The summed E-state index contributed by atoms with van der Waals surface area (Å²) in [6.07, 6.45) is 0.946. The van der Waals surface area contributed by atoms with Gasteiger partial charge in [-0.15, -0.1) is 0 Å². The molecule has 0 aliphatic rings.